The summed E-state index contributed by atoms with van der Waals surface area (Å²) in [5.74, 6) is -0.546. The van der Waals surface area contributed by atoms with Crippen LogP contribution in [0.3, 0.4) is 0 Å². The van der Waals surface area contributed by atoms with Crippen LogP contribution in [-0.2, 0) is 11.3 Å². The molecule has 35 heavy (non-hydrogen) atoms. The van der Waals surface area contributed by atoms with Crippen LogP contribution in [-0.4, -0.2) is 26.6 Å². The van der Waals surface area contributed by atoms with Gasteiger partial charge in [0, 0.05) is 35.5 Å². The highest BCUT2D eigenvalue weighted by Gasteiger charge is 2.18. The van der Waals surface area contributed by atoms with Crippen LogP contribution < -0.4 is 16.2 Å². The fourth-order valence-corrected chi connectivity index (χ4v) is 4.51. The molecular weight excluding hydrogens is 462 g/mol. The highest BCUT2D eigenvalue weighted by atomic mass is 32.1. The van der Waals surface area contributed by atoms with Gasteiger partial charge in [0.05, 0.1) is 11.1 Å². The quantitative estimate of drug-likeness (QED) is 0.310. The maximum Gasteiger partial charge on any atom is 0.278 e. The number of carbonyl (C=O) groups excluding carboxylic acids is 2. The molecule has 2 N–H and O–H groups in total. The maximum atomic E-state index is 13.2. The summed E-state index contributed by atoms with van der Waals surface area (Å²) in [4.78, 5) is 41.8. The molecule has 4 rings (SSSR count). The standard InChI is InChI=1S/C26H27N5O3S/c1-3-4-5-8-15-31-25(34)21-10-7-6-9-20(21)23(30-31)24(33)29-26-28-22(16-35-26)18-11-13-19(14-12-18)27-17(2)32/h6-7,9-14,16H,3-5,8,15H2,1-2H3,(H,27,32)(H,28,29,33). The van der Waals surface area contributed by atoms with Crippen molar-refractivity contribution in [3.63, 3.8) is 0 Å². The minimum atomic E-state index is -0.412. The van der Waals surface area contributed by atoms with Gasteiger partial charge in [0.2, 0.25) is 5.91 Å². The van der Waals surface area contributed by atoms with Crippen molar-refractivity contribution < 1.29 is 9.59 Å². The third kappa shape index (κ3) is 5.81. The van der Waals surface area contributed by atoms with Gasteiger partial charge in [-0.3, -0.25) is 19.7 Å². The minimum absolute atomic E-state index is 0.134. The van der Waals surface area contributed by atoms with Gasteiger partial charge in [-0.2, -0.15) is 5.10 Å². The van der Waals surface area contributed by atoms with E-state index in [1.165, 1.54) is 22.9 Å². The second-order valence-corrected chi connectivity index (χ2v) is 9.09. The van der Waals surface area contributed by atoms with Gasteiger partial charge in [-0.15, -0.1) is 11.3 Å². The molecule has 9 heteroatoms. The lowest BCUT2D eigenvalue weighted by Crippen LogP contribution is -2.27. The first kappa shape index (κ1) is 24.3. The zero-order valence-electron chi connectivity index (χ0n) is 19.7. The van der Waals surface area contributed by atoms with Crippen LogP contribution in [0.2, 0.25) is 0 Å². The van der Waals surface area contributed by atoms with Crippen molar-refractivity contribution in [3.05, 3.63) is 70.0 Å². The Bertz CT molecular complexity index is 1410. The number of anilines is 2. The van der Waals surface area contributed by atoms with E-state index in [-0.39, 0.29) is 17.2 Å². The summed E-state index contributed by atoms with van der Waals surface area (Å²) in [5, 5.41) is 13.3. The number of hydrogen-bond donors (Lipinski definition) is 2. The molecule has 0 fully saturated rings. The van der Waals surface area contributed by atoms with Gasteiger partial charge in [-0.1, -0.05) is 56.5 Å². The number of nitrogens with one attached hydrogen (secondary N) is 2. The van der Waals surface area contributed by atoms with E-state index >= 15 is 0 Å². The highest BCUT2D eigenvalue weighted by Crippen LogP contribution is 2.26. The minimum Gasteiger partial charge on any atom is -0.326 e. The Morgan fingerprint density at radius 1 is 0.971 bits per heavy atom. The van der Waals surface area contributed by atoms with E-state index in [2.05, 4.69) is 27.6 Å². The Morgan fingerprint density at radius 3 is 2.43 bits per heavy atom. The number of rotatable bonds is 9. The van der Waals surface area contributed by atoms with E-state index in [0.717, 1.165) is 31.2 Å². The van der Waals surface area contributed by atoms with Crippen LogP contribution >= 0.6 is 11.3 Å². The second-order valence-electron chi connectivity index (χ2n) is 8.23. The predicted octanol–water partition coefficient (Wildman–Crippen LogP) is 5.31. The number of amides is 2. The molecular formula is C26H27N5O3S. The molecule has 0 spiro atoms. The van der Waals surface area contributed by atoms with Crippen LogP contribution in [0.1, 0.15) is 50.0 Å². The van der Waals surface area contributed by atoms with E-state index in [1.54, 1.807) is 36.4 Å². The molecule has 8 nitrogen and oxygen atoms in total. The molecule has 2 aromatic carbocycles. The van der Waals surface area contributed by atoms with Crippen LogP contribution in [0.4, 0.5) is 10.8 Å². The number of aromatic nitrogens is 3. The fraction of sp³-hybridized carbons (Fsp3) is 0.269. The summed E-state index contributed by atoms with van der Waals surface area (Å²) in [6, 6.07) is 14.4. The fourth-order valence-electron chi connectivity index (χ4n) is 3.79. The van der Waals surface area contributed by atoms with Gasteiger partial charge in [0.15, 0.2) is 10.8 Å². The number of aryl methyl sites for hydroxylation is 1. The smallest absolute Gasteiger partial charge is 0.278 e. The lowest BCUT2D eigenvalue weighted by Gasteiger charge is -2.10. The number of unbranched alkanes of at least 4 members (excludes halogenated alkanes) is 3. The third-order valence-corrected chi connectivity index (χ3v) is 6.29. The molecule has 2 aromatic heterocycles. The van der Waals surface area contributed by atoms with Gasteiger partial charge < -0.3 is 5.32 Å². The normalized spacial score (nSPS) is 10.9. The van der Waals surface area contributed by atoms with Crippen molar-refractivity contribution in [2.75, 3.05) is 10.6 Å². The molecule has 4 aromatic rings. The molecule has 0 unspecified atom stereocenters. The first-order valence-corrected chi connectivity index (χ1v) is 12.5. The van der Waals surface area contributed by atoms with Crippen LogP contribution in [0.5, 0.6) is 0 Å². The molecule has 0 aliphatic heterocycles. The SMILES string of the molecule is CCCCCCn1nc(C(=O)Nc2nc(-c3ccc(NC(C)=O)cc3)cs2)c2ccccc2c1=O. The average Bonchev–Trinajstić information content (AvgIpc) is 3.31. The summed E-state index contributed by atoms with van der Waals surface area (Å²) in [6.07, 6.45) is 4.03. The van der Waals surface area contributed by atoms with E-state index < -0.39 is 5.91 Å². The van der Waals surface area contributed by atoms with E-state index in [1.807, 2.05) is 17.5 Å². The monoisotopic (exact) mass is 489 g/mol. The Hall–Kier alpha value is -3.85. The maximum absolute atomic E-state index is 13.2. The molecule has 180 valence electrons. The predicted molar refractivity (Wildman–Crippen MR) is 140 cm³/mol. The molecule has 0 saturated heterocycles. The van der Waals surface area contributed by atoms with Crippen molar-refractivity contribution >= 4 is 44.7 Å². The van der Waals surface area contributed by atoms with E-state index in [0.29, 0.717) is 33.8 Å². The van der Waals surface area contributed by atoms with Crippen LogP contribution in [0, 0.1) is 0 Å². The molecule has 0 atom stereocenters. The molecule has 2 amide bonds. The zero-order chi connectivity index (χ0) is 24.8. The van der Waals surface area contributed by atoms with Crippen molar-refractivity contribution in [2.24, 2.45) is 0 Å². The molecule has 0 bridgehead atoms. The number of hydrogen-bond acceptors (Lipinski definition) is 6. The van der Waals surface area contributed by atoms with Gasteiger partial charge in [-0.05, 0) is 24.6 Å². The first-order valence-electron chi connectivity index (χ1n) is 11.6. The van der Waals surface area contributed by atoms with Crippen LogP contribution in [0.15, 0.2) is 58.7 Å². The van der Waals surface area contributed by atoms with E-state index in [9.17, 15) is 14.4 Å². The molecule has 0 radical (unpaired) electrons. The Balaban J connectivity index is 1.56. The molecule has 0 saturated carbocycles. The largest absolute Gasteiger partial charge is 0.326 e. The Kier molecular flexibility index (Phi) is 7.67. The number of fused-ring (bicyclic) bond motifs is 1. The average molecular weight is 490 g/mol. The van der Waals surface area contributed by atoms with Crippen molar-refractivity contribution in [3.8, 4) is 11.3 Å². The first-order chi connectivity index (χ1) is 17.0. The Labute approximate surface area is 207 Å². The summed E-state index contributed by atoms with van der Waals surface area (Å²) in [6.45, 7) is 4.06. The summed E-state index contributed by atoms with van der Waals surface area (Å²) >= 11 is 1.31. The van der Waals surface area contributed by atoms with Gasteiger partial charge in [0.25, 0.3) is 11.5 Å². The summed E-state index contributed by atoms with van der Waals surface area (Å²) in [7, 11) is 0. The van der Waals surface area contributed by atoms with Gasteiger partial charge >= 0.3 is 0 Å². The lowest BCUT2D eigenvalue weighted by molar-refractivity contribution is -0.114. The second kappa shape index (κ2) is 11.1. The zero-order valence-corrected chi connectivity index (χ0v) is 20.5. The molecule has 0 aliphatic carbocycles. The molecule has 2 heterocycles. The number of benzene rings is 2. The molecule has 0 aliphatic rings. The van der Waals surface area contributed by atoms with E-state index in [4.69, 9.17) is 0 Å². The number of carbonyl (C=O) groups is 2. The van der Waals surface area contributed by atoms with Crippen molar-refractivity contribution in [1.29, 1.82) is 0 Å². The van der Waals surface area contributed by atoms with Crippen molar-refractivity contribution in [1.82, 2.24) is 14.8 Å². The van der Waals surface area contributed by atoms with Gasteiger partial charge in [0.1, 0.15) is 0 Å². The van der Waals surface area contributed by atoms with Crippen LogP contribution in [0.25, 0.3) is 22.0 Å². The van der Waals surface area contributed by atoms with Crippen molar-refractivity contribution in [2.45, 2.75) is 46.1 Å². The van der Waals surface area contributed by atoms with Gasteiger partial charge in [-0.25, -0.2) is 9.67 Å². The topological polar surface area (TPSA) is 106 Å². The summed E-state index contributed by atoms with van der Waals surface area (Å²) in [5.41, 5.74) is 2.28. The lowest BCUT2D eigenvalue weighted by atomic mass is 10.1. The number of thiazole rings is 1. The summed E-state index contributed by atoms with van der Waals surface area (Å²) < 4.78 is 1.40. The third-order valence-electron chi connectivity index (χ3n) is 5.53. The number of nitrogens with zero attached hydrogens (tertiary/aromatic N) is 3. The Morgan fingerprint density at radius 2 is 1.71 bits per heavy atom. The highest BCUT2D eigenvalue weighted by molar-refractivity contribution is 7.14.